The van der Waals surface area contributed by atoms with E-state index in [-0.39, 0.29) is 69.4 Å². The first-order valence-electron chi connectivity index (χ1n) is 20.5. The highest BCUT2D eigenvalue weighted by molar-refractivity contribution is 7.93. The van der Waals surface area contributed by atoms with E-state index in [1.54, 1.807) is 6.07 Å². The van der Waals surface area contributed by atoms with Crippen LogP contribution < -0.4 is 8.61 Å². The Hall–Kier alpha value is -4.21. The second-order valence-corrected chi connectivity index (χ2v) is 19.6. The Morgan fingerprint density at radius 3 is 1.48 bits per heavy atom. The van der Waals surface area contributed by atoms with Crippen LogP contribution in [0.4, 0.5) is 20.2 Å². The van der Waals surface area contributed by atoms with Crippen molar-refractivity contribution in [2.24, 2.45) is 0 Å². The second kappa shape index (κ2) is 26.8. The number of pyridine rings is 2. The van der Waals surface area contributed by atoms with E-state index in [2.05, 4.69) is 24.3 Å². The molecular formula is C43H52Cl3F2N5O10S2. The molecule has 2 aromatic carbocycles. The summed E-state index contributed by atoms with van der Waals surface area (Å²) in [5, 5.41) is -0.371. The molecule has 22 heteroatoms. The summed E-state index contributed by atoms with van der Waals surface area (Å²) in [5.74, 6) is -2.48. The third-order valence-electron chi connectivity index (χ3n) is 9.75. The number of anilines is 2. The van der Waals surface area contributed by atoms with Crippen LogP contribution in [0.3, 0.4) is 0 Å². The van der Waals surface area contributed by atoms with Crippen molar-refractivity contribution in [2.45, 2.75) is 45.2 Å². The maximum absolute atomic E-state index is 13.7. The van der Waals surface area contributed by atoms with Crippen LogP contribution >= 0.6 is 34.8 Å². The zero-order valence-corrected chi connectivity index (χ0v) is 39.9. The van der Waals surface area contributed by atoms with Crippen molar-refractivity contribution in [3.05, 3.63) is 117 Å². The van der Waals surface area contributed by atoms with Crippen molar-refractivity contribution in [2.75, 3.05) is 86.3 Å². The van der Waals surface area contributed by atoms with Crippen molar-refractivity contribution in [1.82, 2.24) is 14.9 Å². The van der Waals surface area contributed by atoms with Crippen molar-refractivity contribution < 1.29 is 54.2 Å². The lowest BCUT2D eigenvalue weighted by Crippen LogP contribution is -2.38. The number of sulfonamides is 2. The van der Waals surface area contributed by atoms with Gasteiger partial charge in [-0.05, 0) is 99.3 Å². The molecule has 356 valence electrons. The lowest BCUT2D eigenvalue weighted by molar-refractivity contribution is 0.0381. The van der Waals surface area contributed by atoms with Gasteiger partial charge in [0.1, 0.15) is 11.6 Å². The van der Waals surface area contributed by atoms with E-state index in [9.17, 15) is 35.2 Å². The lowest BCUT2D eigenvalue weighted by atomic mass is 10.2. The average molecular weight is 1010 g/mol. The number of aromatic nitrogens is 2. The number of rotatable bonds is 17. The Labute approximate surface area is 394 Å². The second-order valence-electron chi connectivity index (χ2n) is 14.4. The smallest absolute Gasteiger partial charge is 0.339 e. The summed E-state index contributed by atoms with van der Waals surface area (Å²) in [6.45, 7) is 5.24. The Morgan fingerprint density at radius 2 is 1.12 bits per heavy atom. The van der Waals surface area contributed by atoms with Crippen LogP contribution in [0.15, 0.2) is 73.1 Å². The number of hydrogen-bond donors (Lipinski definition) is 0. The van der Waals surface area contributed by atoms with Gasteiger partial charge in [-0.25, -0.2) is 35.2 Å². The van der Waals surface area contributed by atoms with Gasteiger partial charge in [0, 0.05) is 44.6 Å². The molecule has 4 heterocycles. The molecule has 0 N–H and O–H groups in total. The molecule has 2 aromatic heterocycles. The van der Waals surface area contributed by atoms with E-state index in [4.69, 9.17) is 44.3 Å². The molecule has 0 spiro atoms. The number of nitrogens with zero attached hydrogens (tertiary/aromatic N) is 5. The Morgan fingerprint density at radius 1 is 0.677 bits per heavy atom. The van der Waals surface area contributed by atoms with E-state index in [1.165, 1.54) is 88.3 Å². The largest absolute Gasteiger partial charge is 0.465 e. The van der Waals surface area contributed by atoms with Crippen molar-refractivity contribution >= 4 is 78.2 Å². The van der Waals surface area contributed by atoms with Crippen LogP contribution in [-0.4, -0.2) is 121 Å². The van der Waals surface area contributed by atoms with E-state index < -0.39 is 43.6 Å². The number of methoxy groups -OCH3 is 2. The minimum atomic E-state index is -3.77. The van der Waals surface area contributed by atoms with Gasteiger partial charge in [0.05, 0.1) is 96.0 Å². The van der Waals surface area contributed by atoms with Gasteiger partial charge in [-0.15, -0.1) is 11.6 Å². The summed E-state index contributed by atoms with van der Waals surface area (Å²) in [4.78, 5) is 33.5. The van der Waals surface area contributed by atoms with E-state index in [0.717, 1.165) is 47.0 Å². The SMILES string of the molecule is C1CCOCC1.COC(=O)c1ccc(CN(c2ccc(F)c(Cl)c2)S(=O)(=O)CCCCl)nc1.COC(=O)c1ccc(CN(c2ccc(F)c(Cl)c2)S(=O)(=O)CCCN2CCOCC2)nc1. The number of halogens is 5. The predicted octanol–water partition coefficient (Wildman–Crippen LogP) is 7.53. The number of benzene rings is 2. The summed E-state index contributed by atoms with van der Waals surface area (Å²) in [6.07, 6.45) is 7.23. The molecule has 2 aliphatic rings. The number of esters is 2. The summed E-state index contributed by atoms with van der Waals surface area (Å²) in [6, 6.07) is 13.5. The zero-order valence-electron chi connectivity index (χ0n) is 36.0. The molecule has 0 aliphatic carbocycles. The summed E-state index contributed by atoms with van der Waals surface area (Å²) >= 11 is 17.3. The number of hydrogen-bond acceptors (Lipinski definition) is 13. The number of ether oxygens (including phenoxy) is 4. The third-order valence-corrected chi connectivity index (χ3v) is 14.2. The van der Waals surface area contributed by atoms with Crippen molar-refractivity contribution in [1.29, 1.82) is 0 Å². The standard InChI is InChI=1S/C21H25ClFN3O5S.C17H17Cl2FN2O4S.C5H10O/c1-30-21(27)16-3-4-17(24-14-16)15-26(18-5-6-20(23)19(22)13-18)32(28,29)12-2-7-25-8-10-31-11-9-25;1-26-17(23)12-3-4-13(21-10-12)11-22(27(24,25)8-2-7-18)14-5-6-16(20)15(19)9-14;1-2-4-6-5-3-1/h3-6,13-14H,2,7-12,15H2,1H3;3-6,9-10H,2,7-8,11H2,1H3;1-5H2. The van der Waals surface area contributed by atoms with Gasteiger partial charge in [-0.1, -0.05) is 23.2 Å². The Balaban J connectivity index is 0.000000254. The lowest BCUT2D eigenvalue weighted by Gasteiger charge is -2.28. The Kier molecular flexibility index (Phi) is 22.0. The molecule has 2 fully saturated rings. The molecular weight excluding hydrogens is 955 g/mol. The Bertz CT molecular complexity index is 2350. The van der Waals surface area contributed by atoms with Crippen LogP contribution in [0.2, 0.25) is 10.0 Å². The van der Waals surface area contributed by atoms with Crippen LogP contribution in [0.5, 0.6) is 0 Å². The molecule has 0 radical (unpaired) electrons. The molecule has 0 atom stereocenters. The average Bonchev–Trinajstić information content (AvgIpc) is 3.32. The minimum Gasteiger partial charge on any atom is -0.465 e. The first-order valence-corrected chi connectivity index (χ1v) is 25.0. The van der Waals surface area contributed by atoms with Gasteiger partial charge in [-0.2, -0.15) is 0 Å². The molecule has 0 saturated carbocycles. The van der Waals surface area contributed by atoms with E-state index in [0.29, 0.717) is 37.6 Å². The van der Waals surface area contributed by atoms with E-state index >= 15 is 0 Å². The van der Waals surface area contributed by atoms with Crippen LogP contribution in [0, 0.1) is 11.6 Å². The highest BCUT2D eigenvalue weighted by Gasteiger charge is 2.26. The van der Waals surface area contributed by atoms with Crippen LogP contribution in [0.25, 0.3) is 0 Å². The monoisotopic (exact) mass is 1010 g/mol. The maximum Gasteiger partial charge on any atom is 0.339 e. The molecule has 65 heavy (non-hydrogen) atoms. The van der Waals surface area contributed by atoms with Gasteiger partial charge in [0.25, 0.3) is 0 Å². The first kappa shape index (κ1) is 53.4. The van der Waals surface area contributed by atoms with Gasteiger partial charge in [0.2, 0.25) is 20.0 Å². The maximum atomic E-state index is 13.7. The highest BCUT2D eigenvalue weighted by Crippen LogP contribution is 2.28. The molecule has 0 unspecified atom stereocenters. The molecule has 2 saturated heterocycles. The number of carbonyl (C=O) groups is 2. The van der Waals surface area contributed by atoms with Crippen LogP contribution in [-0.2, 0) is 52.1 Å². The molecule has 6 rings (SSSR count). The van der Waals surface area contributed by atoms with Gasteiger partial charge >= 0.3 is 11.9 Å². The minimum absolute atomic E-state index is 0.0939. The third kappa shape index (κ3) is 17.2. The van der Waals surface area contributed by atoms with Gasteiger partial charge in [0.15, 0.2) is 0 Å². The topological polar surface area (TPSA) is 175 Å². The first-order chi connectivity index (χ1) is 31.1. The molecule has 0 bridgehead atoms. The van der Waals surface area contributed by atoms with Crippen molar-refractivity contribution in [3.8, 4) is 0 Å². The van der Waals surface area contributed by atoms with Crippen molar-refractivity contribution in [3.63, 3.8) is 0 Å². The number of carbonyl (C=O) groups excluding carboxylic acids is 2. The fraction of sp³-hybridized carbons (Fsp3) is 0.442. The molecule has 15 nitrogen and oxygen atoms in total. The van der Waals surface area contributed by atoms with E-state index in [1.807, 2.05) is 0 Å². The number of alkyl halides is 1. The van der Waals surface area contributed by atoms with Gasteiger partial charge < -0.3 is 18.9 Å². The summed E-state index contributed by atoms with van der Waals surface area (Å²) in [5.41, 5.74) is 1.73. The fourth-order valence-electron chi connectivity index (χ4n) is 6.23. The number of morpholine rings is 1. The quantitative estimate of drug-likeness (QED) is 0.0751. The van der Waals surface area contributed by atoms with Crippen LogP contribution in [0.1, 0.15) is 64.2 Å². The zero-order chi connectivity index (χ0) is 47.4. The molecule has 4 aromatic rings. The van der Waals surface area contributed by atoms with Gasteiger partial charge in [-0.3, -0.25) is 23.5 Å². The molecule has 2 aliphatic heterocycles. The summed E-state index contributed by atoms with van der Waals surface area (Å²) < 4.78 is 101. The molecule has 0 amide bonds. The normalized spacial score (nSPS) is 14.2. The highest BCUT2D eigenvalue weighted by atomic mass is 35.5. The summed E-state index contributed by atoms with van der Waals surface area (Å²) in [7, 11) is -5.02. The fourth-order valence-corrected chi connectivity index (χ4v) is 9.84. The predicted molar refractivity (Wildman–Crippen MR) is 246 cm³/mol.